The van der Waals surface area contributed by atoms with Gasteiger partial charge >= 0.3 is 0 Å². The molecular formula is C23H25ClN4O3. The van der Waals surface area contributed by atoms with Crippen LogP contribution in [-0.4, -0.2) is 28.7 Å². The van der Waals surface area contributed by atoms with Crippen LogP contribution in [0.25, 0.3) is 5.69 Å². The van der Waals surface area contributed by atoms with Gasteiger partial charge < -0.3 is 15.4 Å². The molecule has 0 spiro atoms. The molecule has 1 aromatic heterocycles. The van der Waals surface area contributed by atoms with Gasteiger partial charge in [-0.2, -0.15) is 5.10 Å². The van der Waals surface area contributed by atoms with Crippen molar-refractivity contribution in [1.29, 1.82) is 0 Å². The molecule has 8 heteroatoms. The fraction of sp³-hybridized carbons (Fsp3) is 0.261. The molecular weight excluding hydrogens is 416 g/mol. The Morgan fingerprint density at radius 1 is 1.10 bits per heavy atom. The van der Waals surface area contributed by atoms with Crippen LogP contribution in [0.15, 0.2) is 36.4 Å². The van der Waals surface area contributed by atoms with Crippen molar-refractivity contribution in [3.63, 3.8) is 0 Å². The smallest absolute Gasteiger partial charge is 0.229 e. The summed E-state index contributed by atoms with van der Waals surface area (Å²) >= 11 is 6.27. The summed E-state index contributed by atoms with van der Waals surface area (Å²) in [5, 5.41) is 10.8. The molecule has 0 aliphatic heterocycles. The Morgan fingerprint density at radius 2 is 1.84 bits per heavy atom. The molecule has 0 bridgehead atoms. The maximum Gasteiger partial charge on any atom is 0.229 e. The number of hydrogen-bond acceptors (Lipinski definition) is 4. The molecule has 0 radical (unpaired) electrons. The van der Waals surface area contributed by atoms with Crippen molar-refractivity contribution < 1.29 is 14.3 Å². The lowest BCUT2D eigenvalue weighted by atomic mass is 10.1. The minimum atomic E-state index is -0.217. The molecule has 0 unspecified atom stereocenters. The van der Waals surface area contributed by atoms with E-state index in [9.17, 15) is 9.59 Å². The quantitative estimate of drug-likeness (QED) is 0.586. The lowest BCUT2D eigenvalue weighted by Gasteiger charge is -2.13. The summed E-state index contributed by atoms with van der Waals surface area (Å²) in [6.07, 6.45) is 0.144. The molecule has 0 saturated carbocycles. The number of carbonyl (C=O) groups excluding carboxylic acids is 2. The molecule has 2 amide bonds. The molecule has 0 atom stereocenters. The van der Waals surface area contributed by atoms with Crippen molar-refractivity contribution in [1.82, 2.24) is 9.78 Å². The summed E-state index contributed by atoms with van der Waals surface area (Å²) < 4.78 is 7.12. The first-order chi connectivity index (χ1) is 14.7. The van der Waals surface area contributed by atoms with E-state index < -0.39 is 0 Å². The summed E-state index contributed by atoms with van der Waals surface area (Å²) in [5.41, 5.74) is 5.35. The zero-order valence-corrected chi connectivity index (χ0v) is 18.9. The normalized spacial score (nSPS) is 10.6. The highest BCUT2D eigenvalue weighted by Gasteiger charge is 2.18. The average Bonchev–Trinajstić information content (AvgIpc) is 2.98. The lowest BCUT2D eigenvalue weighted by Crippen LogP contribution is -2.16. The molecule has 3 rings (SSSR count). The summed E-state index contributed by atoms with van der Waals surface area (Å²) in [6.45, 7) is 7.17. The number of aromatic nitrogens is 2. The summed E-state index contributed by atoms with van der Waals surface area (Å²) in [4.78, 5) is 24.1. The van der Waals surface area contributed by atoms with Gasteiger partial charge in [0.15, 0.2) is 0 Å². The number of benzene rings is 2. The Balaban J connectivity index is 1.83. The Hall–Kier alpha value is -3.32. The van der Waals surface area contributed by atoms with Gasteiger partial charge in [0.1, 0.15) is 5.75 Å². The largest absolute Gasteiger partial charge is 0.495 e. The number of ether oxygens (including phenoxy) is 1. The van der Waals surface area contributed by atoms with E-state index >= 15 is 0 Å². The molecule has 0 fully saturated rings. The first-order valence-corrected chi connectivity index (χ1v) is 10.1. The highest BCUT2D eigenvalue weighted by molar-refractivity contribution is 6.31. The van der Waals surface area contributed by atoms with E-state index in [-0.39, 0.29) is 18.2 Å². The third-order valence-corrected chi connectivity index (χ3v) is 5.38. The van der Waals surface area contributed by atoms with Crippen LogP contribution in [0, 0.1) is 20.8 Å². The SMILES string of the molecule is COc1ccc(NC(C)=O)cc1NC(=O)Cc1c(C)nn(-c2ccc(C)c(Cl)c2)c1C. The van der Waals surface area contributed by atoms with Crippen LogP contribution in [0.1, 0.15) is 29.4 Å². The van der Waals surface area contributed by atoms with E-state index in [0.29, 0.717) is 22.1 Å². The number of aryl methyl sites for hydroxylation is 2. The van der Waals surface area contributed by atoms with Crippen LogP contribution in [0.4, 0.5) is 11.4 Å². The number of amides is 2. The molecule has 1 heterocycles. The van der Waals surface area contributed by atoms with Crippen molar-refractivity contribution in [2.24, 2.45) is 0 Å². The van der Waals surface area contributed by atoms with Gasteiger partial charge in [0, 0.05) is 28.9 Å². The van der Waals surface area contributed by atoms with E-state index in [1.807, 2.05) is 39.0 Å². The van der Waals surface area contributed by atoms with Crippen molar-refractivity contribution in [3.05, 3.63) is 63.9 Å². The maximum atomic E-state index is 12.8. The Labute approximate surface area is 186 Å². The summed E-state index contributed by atoms with van der Waals surface area (Å²) in [5.74, 6) is 0.0872. The number of nitrogens with one attached hydrogen (secondary N) is 2. The van der Waals surface area contributed by atoms with Crippen molar-refractivity contribution in [3.8, 4) is 11.4 Å². The Bertz CT molecular complexity index is 1150. The molecule has 0 aliphatic carbocycles. The summed E-state index contributed by atoms with van der Waals surface area (Å²) in [7, 11) is 1.52. The predicted octanol–water partition coefficient (Wildman–Crippen LogP) is 4.60. The fourth-order valence-electron chi connectivity index (χ4n) is 3.34. The fourth-order valence-corrected chi connectivity index (χ4v) is 3.51. The molecule has 2 N–H and O–H groups in total. The minimum absolute atomic E-state index is 0.144. The molecule has 7 nitrogen and oxygen atoms in total. The predicted molar refractivity (Wildman–Crippen MR) is 122 cm³/mol. The van der Waals surface area contributed by atoms with Crippen LogP contribution >= 0.6 is 11.6 Å². The number of halogens is 1. The van der Waals surface area contributed by atoms with Gasteiger partial charge in [-0.3, -0.25) is 9.59 Å². The first kappa shape index (κ1) is 22.4. The van der Waals surface area contributed by atoms with Gasteiger partial charge in [-0.15, -0.1) is 0 Å². The first-order valence-electron chi connectivity index (χ1n) is 9.76. The Kier molecular flexibility index (Phi) is 6.65. The van der Waals surface area contributed by atoms with Gasteiger partial charge in [-0.25, -0.2) is 4.68 Å². The second kappa shape index (κ2) is 9.22. The van der Waals surface area contributed by atoms with Crippen molar-refractivity contribution >= 4 is 34.8 Å². The van der Waals surface area contributed by atoms with E-state index in [2.05, 4.69) is 15.7 Å². The molecule has 0 saturated heterocycles. The van der Waals surface area contributed by atoms with Gasteiger partial charge in [-0.05, 0) is 56.7 Å². The zero-order valence-electron chi connectivity index (χ0n) is 18.2. The van der Waals surface area contributed by atoms with Crippen molar-refractivity contribution in [2.45, 2.75) is 34.1 Å². The van der Waals surface area contributed by atoms with Crippen LogP contribution in [0.5, 0.6) is 5.75 Å². The van der Waals surface area contributed by atoms with E-state index in [1.165, 1.54) is 14.0 Å². The maximum absolute atomic E-state index is 12.8. The molecule has 162 valence electrons. The molecule has 2 aromatic carbocycles. The van der Waals surface area contributed by atoms with Gasteiger partial charge in [-0.1, -0.05) is 17.7 Å². The third kappa shape index (κ3) is 5.06. The van der Waals surface area contributed by atoms with Crippen molar-refractivity contribution in [2.75, 3.05) is 17.7 Å². The van der Waals surface area contributed by atoms with E-state index in [0.717, 1.165) is 28.2 Å². The number of nitrogens with zero attached hydrogens (tertiary/aromatic N) is 2. The topological polar surface area (TPSA) is 85.2 Å². The zero-order chi connectivity index (χ0) is 22.7. The molecule has 31 heavy (non-hydrogen) atoms. The standard InChI is InChI=1S/C23H25ClN4O3/c1-13-6-8-18(11-20(13)24)28-15(3)19(14(2)27-28)12-23(30)26-21-10-17(25-16(4)29)7-9-22(21)31-5/h6-11H,12H2,1-5H3,(H,25,29)(H,26,30). The molecule has 3 aromatic rings. The van der Waals surface area contributed by atoms with E-state index in [1.54, 1.807) is 22.9 Å². The van der Waals surface area contributed by atoms with Gasteiger partial charge in [0.05, 0.1) is 30.6 Å². The number of carbonyl (C=O) groups is 2. The number of anilines is 2. The second-order valence-electron chi connectivity index (χ2n) is 7.32. The highest BCUT2D eigenvalue weighted by Crippen LogP contribution is 2.29. The third-order valence-electron chi connectivity index (χ3n) is 4.97. The van der Waals surface area contributed by atoms with Crippen LogP contribution in [0.3, 0.4) is 0 Å². The highest BCUT2D eigenvalue weighted by atomic mass is 35.5. The second-order valence-corrected chi connectivity index (χ2v) is 7.72. The van der Waals surface area contributed by atoms with Gasteiger partial charge in [0.2, 0.25) is 11.8 Å². The summed E-state index contributed by atoms with van der Waals surface area (Å²) in [6, 6.07) is 10.8. The lowest BCUT2D eigenvalue weighted by molar-refractivity contribution is -0.116. The monoisotopic (exact) mass is 440 g/mol. The van der Waals surface area contributed by atoms with Crippen LogP contribution in [-0.2, 0) is 16.0 Å². The number of methoxy groups -OCH3 is 1. The van der Waals surface area contributed by atoms with Crippen LogP contribution < -0.4 is 15.4 Å². The van der Waals surface area contributed by atoms with Crippen LogP contribution in [0.2, 0.25) is 5.02 Å². The Morgan fingerprint density at radius 3 is 2.48 bits per heavy atom. The minimum Gasteiger partial charge on any atom is -0.495 e. The molecule has 0 aliphatic rings. The number of rotatable bonds is 6. The number of hydrogen-bond donors (Lipinski definition) is 2. The average molecular weight is 441 g/mol. The van der Waals surface area contributed by atoms with E-state index in [4.69, 9.17) is 16.3 Å². The van der Waals surface area contributed by atoms with Gasteiger partial charge in [0.25, 0.3) is 0 Å².